The van der Waals surface area contributed by atoms with Gasteiger partial charge >= 0.3 is 0 Å². The van der Waals surface area contributed by atoms with Crippen LogP contribution in [0.2, 0.25) is 0 Å². The van der Waals surface area contributed by atoms with E-state index in [0.29, 0.717) is 12.6 Å². The van der Waals surface area contributed by atoms with Gasteiger partial charge in [0.2, 0.25) is 0 Å². The largest absolute Gasteiger partial charge is 0.497 e. The third kappa shape index (κ3) is 7.92. The van der Waals surface area contributed by atoms with Crippen LogP contribution in [-0.4, -0.2) is 55.2 Å². The molecule has 3 rings (SSSR count). The standard InChI is InChI=1S/C25H37N5O.HI/c1-5-26-24(28-19-25(2,3)20-9-8-11-23(17-20)31-4)29-21-12-15-30(16-13-21)18-22-10-6-7-14-27-22;/h6-11,14,17,21H,5,12-13,15-16,18-19H2,1-4H3,(H2,26,28,29);1H. The van der Waals surface area contributed by atoms with Crippen LogP contribution in [0.4, 0.5) is 0 Å². The summed E-state index contributed by atoms with van der Waals surface area (Å²) in [5.74, 6) is 1.79. The normalized spacial score (nSPS) is 15.7. The number of piperidine rings is 1. The summed E-state index contributed by atoms with van der Waals surface area (Å²) in [6.45, 7) is 11.2. The summed E-state index contributed by atoms with van der Waals surface area (Å²) < 4.78 is 5.39. The molecule has 1 aliphatic rings. The SMILES string of the molecule is CCNC(=NCC(C)(C)c1cccc(OC)c1)NC1CCN(Cc2ccccn2)CC1.I. The third-order valence-corrected chi connectivity index (χ3v) is 5.87. The zero-order valence-corrected chi connectivity index (χ0v) is 22.1. The Labute approximate surface area is 210 Å². The van der Waals surface area contributed by atoms with E-state index in [4.69, 9.17) is 9.73 Å². The van der Waals surface area contributed by atoms with Gasteiger partial charge in [-0.1, -0.05) is 32.0 Å². The number of rotatable bonds is 8. The number of nitrogens with zero attached hydrogens (tertiary/aromatic N) is 3. The van der Waals surface area contributed by atoms with E-state index in [0.717, 1.165) is 56.4 Å². The number of methoxy groups -OCH3 is 1. The highest BCUT2D eigenvalue weighted by atomic mass is 127. The van der Waals surface area contributed by atoms with Gasteiger partial charge in [0.1, 0.15) is 5.75 Å². The van der Waals surface area contributed by atoms with E-state index < -0.39 is 0 Å². The number of ether oxygens (including phenoxy) is 1. The highest BCUT2D eigenvalue weighted by molar-refractivity contribution is 14.0. The van der Waals surface area contributed by atoms with Gasteiger partial charge in [-0.05, 0) is 49.6 Å². The Kier molecular flexibility index (Phi) is 10.7. The molecule has 0 amide bonds. The summed E-state index contributed by atoms with van der Waals surface area (Å²) in [6, 6.07) is 14.8. The van der Waals surface area contributed by atoms with Gasteiger partial charge in [0, 0.05) is 43.8 Å². The lowest BCUT2D eigenvalue weighted by Gasteiger charge is -2.33. The summed E-state index contributed by atoms with van der Waals surface area (Å²) in [5.41, 5.74) is 2.29. The minimum Gasteiger partial charge on any atom is -0.497 e. The summed E-state index contributed by atoms with van der Waals surface area (Å²) in [5, 5.41) is 7.08. The van der Waals surface area contributed by atoms with Crippen molar-refractivity contribution in [2.75, 3.05) is 33.3 Å². The molecule has 0 saturated carbocycles. The quantitative estimate of drug-likeness (QED) is 0.293. The fourth-order valence-electron chi connectivity index (χ4n) is 3.88. The highest BCUT2D eigenvalue weighted by Gasteiger charge is 2.23. The van der Waals surface area contributed by atoms with Crippen molar-refractivity contribution in [2.45, 2.75) is 51.6 Å². The minimum absolute atomic E-state index is 0. The van der Waals surface area contributed by atoms with Gasteiger partial charge < -0.3 is 15.4 Å². The second-order valence-corrected chi connectivity index (χ2v) is 8.83. The Morgan fingerprint density at radius 1 is 1.19 bits per heavy atom. The molecule has 32 heavy (non-hydrogen) atoms. The van der Waals surface area contributed by atoms with Crippen molar-refractivity contribution in [3.05, 3.63) is 59.9 Å². The van der Waals surface area contributed by atoms with Crippen molar-refractivity contribution in [3.63, 3.8) is 0 Å². The van der Waals surface area contributed by atoms with Crippen LogP contribution >= 0.6 is 24.0 Å². The number of benzene rings is 1. The molecule has 0 atom stereocenters. The number of likely N-dealkylation sites (tertiary alicyclic amines) is 1. The zero-order valence-electron chi connectivity index (χ0n) is 19.8. The number of aliphatic imine (C=N–C) groups is 1. The number of guanidine groups is 1. The van der Waals surface area contributed by atoms with E-state index in [9.17, 15) is 0 Å². The number of pyridine rings is 1. The van der Waals surface area contributed by atoms with Crippen LogP contribution in [0.25, 0.3) is 0 Å². The van der Waals surface area contributed by atoms with E-state index in [-0.39, 0.29) is 29.4 Å². The topological polar surface area (TPSA) is 61.8 Å². The predicted molar refractivity (Wildman–Crippen MR) is 143 cm³/mol. The van der Waals surface area contributed by atoms with E-state index in [1.807, 2.05) is 24.4 Å². The van der Waals surface area contributed by atoms with Crippen molar-refractivity contribution in [3.8, 4) is 5.75 Å². The predicted octanol–water partition coefficient (Wildman–Crippen LogP) is 4.21. The average Bonchev–Trinajstić information content (AvgIpc) is 2.80. The van der Waals surface area contributed by atoms with Crippen molar-refractivity contribution in [2.24, 2.45) is 4.99 Å². The molecule has 2 aromatic rings. The van der Waals surface area contributed by atoms with Crippen molar-refractivity contribution in [1.29, 1.82) is 0 Å². The van der Waals surface area contributed by atoms with Gasteiger partial charge in [-0.25, -0.2) is 0 Å². The molecule has 1 aromatic carbocycles. The first-order chi connectivity index (χ1) is 15.0. The maximum atomic E-state index is 5.39. The molecule has 0 aliphatic carbocycles. The van der Waals surface area contributed by atoms with Crippen LogP contribution in [0.3, 0.4) is 0 Å². The molecule has 176 valence electrons. The second-order valence-electron chi connectivity index (χ2n) is 8.83. The van der Waals surface area contributed by atoms with E-state index in [1.54, 1.807) is 7.11 Å². The van der Waals surface area contributed by atoms with Crippen LogP contribution in [0.5, 0.6) is 5.75 Å². The number of nitrogens with one attached hydrogen (secondary N) is 2. The summed E-state index contributed by atoms with van der Waals surface area (Å²) >= 11 is 0. The highest BCUT2D eigenvalue weighted by Crippen LogP contribution is 2.26. The molecule has 0 unspecified atom stereocenters. The number of halogens is 1. The van der Waals surface area contributed by atoms with Crippen molar-refractivity contribution in [1.82, 2.24) is 20.5 Å². The summed E-state index contributed by atoms with van der Waals surface area (Å²) in [7, 11) is 1.71. The van der Waals surface area contributed by atoms with Crippen LogP contribution < -0.4 is 15.4 Å². The maximum Gasteiger partial charge on any atom is 0.191 e. The third-order valence-electron chi connectivity index (χ3n) is 5.87. The first-order valence-electron chi connectivity index (χ1n) is 11.3. The lowest BCUT2D eigenvalue weighted by molar-refractivity contribution is 0.196. The fourth-order valence-corrected chi connectivity index (χ4v) is 3.88. The lowest BCUT2D eigenvalue weighted by Crippen LogP contribution is -2.48. The molecule has 1 fully saturated rings. The Balaban J connectivity index is 0.00000363. The molecular weight excluding hydrogens is 513 g/mol. The van der Waals surface area contributed by atoms with Crippen LogP contribution in [0.1, 0.15) is 44.9 Å². The molecule has 1 aliphatic heterocycles. The van der Waals surface area contributed by atoms with Gasteiger partial charge in [0.25, 0.3) is 0 Å². The minimum atomic E-state index is -0.0804. The Hall–Kier alpha value is -1.87. The lowest BCUT2D eigenvalue weighted by atomic mass is 9.84. The molecule has 0 spiro atoms. The Morgan fingerprint density at radius 3 is 2.62 bits per heavy atom. The molecule has 0 bridgehead atoms. The molecular formula is C25H38IN5O. The van der Waals surface area contributed by atoms with Gasteiger partial charge in [-0.15, -0.1) is 24.0 Å². The van der Waals surface area contributed by atoms with Crippen molar-refractivity contribution < 1.29 is 4.74 Å². The van der Waals surface area contributed by atoms with Crippen LogP contribution in [0, 0.1) is 0 Å². The summed E-state index contributed by atoms with van der Waals surface area (Å²) in [4.78, 5) is 11.9. The molecule has 7 heteroatoms. The zero-order chi connectivity index (χ0) is 22.1. The van der Waals surface area contributed by atoms with Gasteiger partial charge in [0.05, 0.1) is 19.3 Å². The number of hydrogen-bond acceptors (Lipinski definition) is 4. The molecule has 2 heterocycles. The first kappa shape index (κ1) is 26.4. The van der Waals surface area contributed by atoms with E-state index in [1.165, 1.54) is 5.56 Å². The second kappa shape index (κ2) is 13.0. The van der Waals surface area contributed by atoms with Crippen LogP contribution in [0.15, 0.2) is 53.7 Å². The monoisotopic (exact) mass is 551 g/mol. The number of aromatic nitrogens is 1. The van der Waals surface area contributed by atoms with Crippen molar-refractivity contribution >= 4 is 29.9 Å². The first-order valence-corrected chi connectivity index (χ1v) is 11.3. The molecule has 1 saturated heterocycles. The van der Waals surface area contributed by atoms with Crippen LogP contribution in [-0.2, 0) is 12.0 Å². The van der Waals surface area contributed by atoms with E-state index >= 15 is 0 Å². The maximum absolute atomic E-state index is 5.39. The molecule has 6 nitrogen and oxygen atoms in total. The smallest absolute Gasteiger partial charge is 0.191 e. The average molecular weight is 552 g/mol. The van der Waals surface area contributed by atoms with E-state index in [2.05, 4.69) is 65.6 Å². The number of hydrogen-bond donors (Lipinski definition) is 2. The molecule has 1 aromatic heterocycles. The van der Waals surface area contributed by atoms with Gasteiger partial charge in [0.15, 0.2) is 5.96 Å². The fraction of sp³-hybridized carbons (Fsp3) is 0.520. The summed E-state index contributed by atoms with van der Waals surface area (Å²) in [6.07, 6.45) is 4.09. The molecule has 0 radical (unpaired) electrons. The molecule has 2 N–H and O–H groups in total. The van der Waals surface area contributed by atoms with Gasteiger partial charge in [-0.3, -0.25) is 14.9 Å². The van der Waals surface area contributed by atoms with Gasteiger partial charge in [-0.2, -0.15) is 0 Å². The Morgan fingerprint density at radius 2 is 1.97 bits per heavy atom. The Bertz CT molecular complexity index is 835.